The van der Waals surface area contributed by atoms with Crippen molar-refractivity contribution in [1.82, 2.24) is 4.90 Å². The van der Waals surface area contributed by atoms with E-state index in [1.54, 1.807) is 0 Å². The molecule has 0 saturated heterocycles. The smallest absolute Gasteiger partial charge is 0.407 e. The first-order chi connectivity index (χ1) is 6.22. The van der Waals surface area contributed by atoms with Crippen LogP contribution in [-0.2, 0) is 26.2 Å². The van der Waals surface area contributed by atoms with Crippen molar-refractivity contribution in [1.29, 1.82) is 0 Å². The van der Waals surface area contributed by atoms with Gasteiger partial charge in [-0.25, -0.2) is 4.79 Å². The number of hydrogen-bond donors (Lipinski definition) is 1. The summed E-state index contributed by atoms with van der Waals surface area (Å²) in [6, 6.07) is 0. The van der Waals surface area contributed by atoms with E-state index in [0.29, 0.717) is 13.1 Å². The molecule has 0 bridgehead atoms. The summed E-state index contributed by atoms with van der Waals surface area (Å²) in [5.74, 6) is 0. The Balaban J connectivity index is 0. The maximum absolute atomic E-state index is 10.1. The van der Waals surface area contributed by atoms with Gasteiger partial charge in [-0.3, -0.25) is 0 Å². The van der Waals surface area contributed by atoms with Gasteiger partial charge in [0.15, 0.2) is 0 Å². The van der Waals surface area contributed by atoms with Crippen molar-refractivity contribution in [3.8, 4) is 0 Å². The molecular formula is C10H17NO2Zr. The molecular weight excluding hydrogens is 257 g/mol. The number of carboxylic acid groups (broad SMARTS) is 1. The Morgan fingerprint density at radius 2 is 1.71 bits per heavy atom. The number of rotatable bonds is 2. The molecule has 0 atom stereocenters. The fourth-order valence-electron chi connectivity index (χ4n) is 0.887. The molecule has 0 aromatic rings. The third-order valence-corrected chi connectivity index (χ3v) is 1.69. The van der Waals surface area contributed by atoms with Crippen molar-refractivity contribution in [2.75, 3.05) is 13.1 Å². The molecule has 0 aliphatic heterocycles. The molecule has 1 N–H and O–H groups in total. The SMILES string of the molecule is C1=CCC=C1.CCN(CC)C(=O)O.[Zr]. The average Bonchev–Trinajstić information content (AvgIpc) is 2.62. The first-order valence-electron chi connectivity index (χ1n) is 4.51. The Labute approximate surface area is 105 Å². The topological polar surface area (TPSA) is 40.5 Å². The molecule has 78 valence electrons. The van der Waals surface area contributed by atoms with Gasteiger partial charge in [0.1, 0.15) is 0 Å². The first-order valence-corrected chi connectivity index (χ1v) is 4.51. The predicted octanol–water partition coefficient (Wildman–Crippen LogP) is 2.51. The molecule has 1 aliphatic rings. The van der Waals surface area contributed by atoms with Crippen LogP contribution in [0.2, 0.25) is 0 Å². The van der Waals surface area contributed by atoms with Crippen LogP contribution in [0.1, 0.15) is 20.3 Å². The van der Waals surface area contributed by atoms with Gasteiger partial charge in [0.2, 0.25) is 0 Å². The fraction of sp³-hybridized carbons (Fsp3) is 0.500. The standard InChI is InChI=1S/C5H11NO2.C5H6.Zr/c1-3-6(4-2)5(7)8;1-2-4-5-3-1;/h3-4H2,1-2H3,(H,7,8);1-4H,5H2;. The zero-order valence-corrected chi connectivity index (χ0v) is 11.2. The molecule has 0 aromatic carbocycles. The third kappa shape index (κ3) is 8.24. The quantitative estimate of drug-likeness (QED) is 0.840. The molecule has 0 saturated carbocycles. The minimum Gasteiger partial charge on any atom is -0.465 e. The Hall–Kier alpha value is -0.367. The van der Waals surface area contributed by atoms with Crippen LogP contribution in [0.15, 0.2) is 24.3 Å². The van der Waals surface area contributed by atoms with Gasteiger partial charge in [0, 0.05) is 39.3 Å². The monoisotopic (exact) mass is 273 g/mol. The van der Waals surface area contributed by atoms with Crippen LogP contribution in [-0.4, -0.2) is 29.2 Å². The van der Waals surface area contributed by atoms with Gasteiger partial charge in [0.25, 0.3) is 0 Å². The largest absolute Gasteiger partial charge is 0.465 e. The van der Waals surface area contributed by atoms with Gasteiger partial charge in [-0.2, -0.15) is 0 Å². The molecule has 14 heavy (non-hydrogen) atoms. The predicted molar refractivity (Wildman–Crippen MR) is 53.8 cm³/mol. The van der Waals surface area contributed by atoms with Crippen LogP contribution in [0, 0.1) is 0 Å². The van der Waals surface area contributed by atoms with Crippen molar-refractivity contribution < 1.29 is 36.1 Å². The van der Waals surface area contributed by atoms with E-state index < -0.39 is 6.09 Å². The zero-order chi connectivity index (χ0) is 10.1. The van der Waals surface area contributed by atoms with Crippen LogP contribution in [0.5, 0.6) is 0 Å². The van der Waals surface area contributed by atoms with Crippen molar-refractivity contribution in [3.63, 3.8) is 0 Å². The second-order valence-electron chi connectivity index (χ2n) is 2.55. The van der Waals surface area contributed by atoms with Crippen molar-refractivity contribution in [3.05, 3.63) is 24.3 Å². The van der Waals surface area contributed by atoms with E-state index in [4.69, 9.17) is 5.11 Å². The minimum absolute atomic E-state index is 0. The molecule has 0 heterocycles. The number of nitrogens with zero attached hydrogens (tertiary/aromatic N) is 1. The van der Waals surface area contributed by atoms with Crippen LogP contribution in [0.4, 0.5) is 4.79 Å². The van der Waals surface area contributed by atoms with Crippen LogP contribution in [0.25, 0.3) is 0 Å². The molecule has 1 amide bonds. The molecule has 0 unspecified atom stereocenters. The minimum atomic E-state index is -0.838. The van der Waals surface area contributed by atoms with Gasteiger partial charge >= 0.3 is 6.09 Å². The maximum atomic E-state index is 10.1. The van der Waals surface area contributed by atoms with Gasteiger partial charge in [-0.1, -0.05) is 24.3 Å². The van der Waals surface area contributed by atoms with E-state index in [9.17, 15) is 4.79 Å². The second-order valence-corrected chi connectivity index (χ2v) is 2.55. The molecule has 0 aromatic heterocycles. The van der Waals surface area contributed by atoms with E-state index in [2.05, 4.69) is 24.3 Å². The number of hydrogen-bond acceptors (Lipinski definition) is 1. The summed E-state index contributed by atoms with van der Waals surface area (Å²) in [4.78, 5) is 11.4. The Bertz CT molecular complexity index is 188. The van der Waals surface area contributed by atoms with Gasteiger partial charge in [0.05, 0.1) is 0 Å². The fourth-order valence-corrected chi connectivity index (χ4v) is 0.887. The van der Waals surface area contributed by atoms with E-state index in [0.717, 1.165) is 6.42 Å². The number of allylic oxidation sites excluding steroid dienone is 4. The van der Waals surface area contributed by atoms with Crippen LogP contribution >= 0.6 is 0 Å². The molecule has 0 radical (unpaired) electrons. The summed E-state index contributed by atoms with van der Waals surface area (Å²) in [7, 11) is 0. The van der Waals surface area contributed by atoms with Crippen LogP contribution in [0.3, 0.4) is 0 Å². The number of carbonyl (C=O) groups is 1. The molecule has 0 fully saturated rings. The first kappa shape index (κ1) is 16.1. The second kappa shape index (κ2) is 10.7. The van der Waals surface area contributed by atoms with E-state index >= 15 is 0 Å². The summed E-state index contributed by atoms with van der Waals surface area (Å²) in [6.45, 7) is 4.78. The van der Waals surface area contributed by atoms with E-state index in [1.807, 2.05) is 13.8 Å². The van der Waals surface area contributed by atoms with E-state index in [1.165, 1.54) is 4.90 Å². The summed E-state index contributed by atoms with van der Waals surface area (Å²) in [6.07, 6.45) is 8.66. The molecule has 1 rings (SSSR count). The molecule has 3 nitrogen and oxygen atoms in total. The Morgan fingerprint density at radius 3 is 1.79 bits per heavy atom. The number of amides is 1. The summed E-state index contributed by atoms with van der Waals surface area (Å²) in [5.41, 5.74) is 0. The van der Waals surface area contributed by atoms with Crippen molar-refractivity contribution >= 4 is 6.09 Å². The van der Waals surface area contributed by atoms with Crippen molar-refractivity contribution in [2.24, 2.45) is 0 Å². The molecule has 0 spiro atoms. The van der Waals surface area contributed by atoms with Gasteiger partial charge < -0.3 is 10.0 Å². The third-order valence-electron chi connectivity index (χ3n) is 1.69. The van der Waals surface area contributed by atoms with E-state index in [-0.39, 0.29) is 26.2 Å². The summed E-state index contributed by atoms with van der Waals surface area (Å²) in [5, 5.41) is 8.30. The summed E-state index contributed by atoms with van der Waals surface area (Å²) >= 11 is 0. The Morgan fingerprint density at radius 1 is 1.29 bits per heavy atom. The van der Waals surface area contributed by atoms with Gasteiger partial charge in [-0.15, -0.1) is 0 Å². The Kier molecular flexibility index (Phi) is 12.3. The van der Waals surface area contributed by atoms with Crippen LogP contribution < -0.4 is 0 Å². The average molecular weight is 274 g/mol. The van der Waals surface area contributed by atoms with Crippen molar-refractivity contribution in [2.45, 2.75) is 20.3 Å². The molecule has 1 aliphatic carbocycles. The maximum Gasteiger partial charge on any atom is 0.407 e. The zero-order valence-electron chi connectivity index (χ0n) is 8.73. The summed E-state index contributed by atoms with van der Waals surface area (Å²) < 4.78 is 0. The van der Waals surface area contributed by atoms with Gasteiger partial charge in [-0.05, 0) is 20.3 Å². The molecule has 4 heteroatoms. The normalized spacial score (nSPS) is 11.3.